The van der Waals surface area contributed by atoms with Crippen molar-refractivity contribution in [3.05, 3.63) is 46.7 Å². The largest absolute Gasteiger partial charge is 0.465 e. The number of esters is 1. The van der Waals surface area contributed by atoms with Crippen LogP contribution in [0.25, 0.3) is 0 Å². The Morgan fingerprint density at radius 2 is 2.28 bits per heavy atom. The summed E-state index contributed by atoms with van der Waals surface area (Å²) in [5.74, 6) is -0.878. The van der Waals surface area contributed by atoms with E-state index in [-0.39, 0.29) is 6.61 Å². The highest BCUT2D eigenvalue weighted by Crippen LogP contribution is 2.34. The number of carbonyl (C=O) groups is 1. The number of ether oxygens (including phenoxy) is 1. The van der Waals surface area contributed by atoms with Gasteiger partial charge in [0.2, 0.25) is 0 Å². The van der Waals surface area contributed by atoms with E-state index < -0.39 is 17.2 Å². The highest BCUT2D eigenvalue weighted by Gasteiger charge is 2.38. The van der Waals surface area contributed by atoms with Crippen molar-refractivity contribution in [1.29, 1.82) is 0 Å². The molecule has 98 valence electrons. The molecule has 4 heteroatoms. The van der Waals surface area contributed by atoms with Crippen LogP contribution in [0.2, 0.25) is 0 Å². The summed E-state index contributed by atoms with van der Waals surface area (Å²) in [5, 5.41) is 0. The number of hydrogen-bond acceptors (Lipinski definition) is 2. The molecule has 0 aliphatic carbocycles. The topological polar surface area (TPSA) is 26.3 Å². The summed E-state index contributed by atoms with van der Waals surface area (Å²) in [4.78, 5) is 12.1. The first-order valence-corrected chi connectivity index (χ1v) is 6.49. The van der Waals surface area contributed by atoms with Crippen molar-refractivity contribution in [2.45, 2.75) is 25.7 Å². The predicted octanol–water partition coefficient (Wildman–Crippen LogP) is 3.99. The lowest BCUT2D eigenvalue weighted by Crippen LogP contribution is -2.35. The second-order valence-electron chi connectivity index (χ2n) is 4.15. The fourth-order valence-corrected chi connectivity index (χ4v) is 2.18. The van der Waals surface area contributed by atoms with Gasteiger partial charge in [-0.1, -0.05) is 18.2 Å². The molecular weight excluding hydrogens is 299 g/mol. The van der Waals surface area contributed by atoms with Crippen LogP contribution in [-0.2, 0) is 14.9 Å². The lowest BCUT2D eigenvalue weighted by molar-refractivity contribution is -0.149. The van der Waals surface area contributed by atoms with Gasteiger partial charge in [0.05, 0.1) is 16.5 Å². The maximum atomic E-state index is 14.1. The highest BCUT2D eigenvalue weighted by atomic mass is 79.9. The van der Waals surface area contributed by atoms with Crippen LogP contribution in [-0.4, -0.2) is 12.6 Å². The van der Waals surface area contributed by atoms with Crippen molar-refractivity contribution >= 4 is 21.9 Å². The van der Waals surface area contributed by atoms with E-state index >= 15 is 0 Å². The predicted molar refractivity (Wildman–Crippen MR) is 72.9 cm³/mol. The maximum absolute atomic E-state index is 14.1. The summed E-state index contributed by atoms with van der Waals surface area (Å²) in [7, 11) is 0. The minimum atomic E-state index is -1.05. The Morgan fingerprint density at radius 3 is 2.83 bits per heavy atom. The SMILES string of the molecule is C=CCC(C)(C(=O)OCC)c1cccc(Br)c1F. The number of carbonyl (C=O) groups excluding carboxylic acids is 1. The minimum absolute atomic E-state index is 0.265. The van der Waals surface area contributed by atoms with Crippen molar-refractivity contribution in [2.24, 2.45) is 0 Å². The Morgan fingerprint density at radius 1 is 1.61 bits per heavy atom. The summed E-state index contributed by atoms with van der Waals surface area (Å²) in [6, 6.07) is 4.89. The summed E-state index contributed by atoms with van der Waals surface area (Å²) < 4.78 is 19.5. The zero-order valence-corrected chi connectivity index (χ0v) is 12.1. The summed E-state index contributed by atoms with van der Waals surface area (Å²) in [6.45, 7) is 7.28. The third-order valence-electron chi connectivity index (χ3n) is 2.82. The van der Waals surface area contributed by atoms with Gasteiger partial charge in [-0.05, 0) is 42.3 Å². The lowest BCUT2D eigenvalue weighted by atomic mass is 9.79. The van der Waals surface area contributed by atoms with Gasteiger partial charge in [-0.15, -0.1) is 6.58 Å². The normalized spacial score (nSPS) is 13.8. The molecule has 2 nitrogen and oxygen atoms in total. The highest BCUT2D eigenvalue weighted by molar-refractivity contribution is 9.10. The third-order valence-corrected chi connectivity index (χ3v) is 3.44. The van der Waals surface area contributed by atoms with E-state index in [0.29, 0.717) is 16.5 Å². The van der Waals surface area contributed by atoms with Gasteiger partial charge in [-0.2, -0.15) is 0 Å². The Kier molecular flexibility index (Phi) is 5.08. The Hall–Kier alpha value is -1.16. The number of hydrogen-bond donors (Lipinski definition) is 0. The van der Waals surface area contributed by atoms with Crippen molar-refractivity contribution < 1.29 is 13.9 Å². The fraction of sp³-hybridized carbons (Fsp3) is 0.357. The second kappa shape index (κ2) is 6.14. The molecule has 0 bridgehead atoms. The quantitative estimate of drug-likeness (QED) is 0.607. The van der Waals surface area contributed by atoms with E-state index in [2.05, 4.69) is 22.5 Å². The number of allylic oxidation sites excluding steroid dienone is 1. The zero-order valence-electron chi connectivity index (χ0n) is 10.5. The molecular formula is C14H16BrFO2. The van der Waals surface area contributed by atoms with E-state index in [0.717, 1.165) is 0 Å². The average Bonchev–Trinajstić information content (AvgIpc) is 2.33. The number of halogens is 2. The van der Waals surface area contributed by atoms with Crippen LogP contribution in [0.15, 0.2) is 35.3 Å². The minimum Gasteiger partial charge on any atom is -0.465 e. The first-order valence-electron chi connectivity index (χ1n) is 5.70. The van der Waals surface area contributed by atoms with Crippen LogP contribution < -0.4 is 0 Å². The monoisotopic (exact) mass is 314 g/mol. The molecule has 0 spiro atoms. The first-order chi connectivity index (χ1) is 8.47. The van der Waals surface area contributed by atoms with Gasteiger partial charge in [0.15, 0.2) is 0 Å². The molecule has 1 atom stereocenters. The number of benzene rings is 1. The smallest absolute Gasteiger partial charge is 0.316 e. The summed E-state index contributed by atoms with van der Waals surface area (Å²) in [6.07, 6.45) is 1.91. The van der Waals surface area contributed by atoms with Crippen molar-refractivity contribution in [2.75, 3.05) is 6.61 Å². The standard InChI is InChI=1S/C14H16BrFO2/c1-4-9-14(3,13(17)18-5-2)10-7-6-8-11(15)12(10)16/h4,6-8H,1,5,9H2,2-3H3. The zero-order chi connectivity index (χ0) is 13.8. The Balaban J connectivity index is 3.30. The molecule has 0 amide bonds. The lowest BCUT2D eigenvalue weighted by Gasteiger charge is -2.27. The van der Waals surface area contributed by atoms with E-state index in [1.807, 2.05) is 0 Å². The van der Waals surface area contributed by atoms with Gasteiger partial charge in [0.25, 0.3) is 0 Å². The average molecular weight is 315 g/mol. The van der Waals surface area contributed by atoms with Gasteiger partial charge < -0.3 is 4.74 Å². The van der Waals surface area contributed by atoms with Gasteiger partial charge in [0, 0.05) is 5.56 Å². The van der Waals surface area contributed by atoms with Crippen molar-refractivity contribution in [1.82, 2.24) is 0 Å². The van der Waals surface area contributed by atoms with Gasteiger partial charge in [-0.25, -0.2) is 4.39 Å². The van der Waals surface area contributed by atoms with E-state index in [4.69, 9.17) is 4.74 Å². The molecule has 0 N–H and O–H groups in total. The summed E-state index contributed by atoms with van der Waals surface area (Å²) >= 11 is 3.12. The van der Waals surface area contributed by atoms with Crippen LogP contribution >= 0.6 is 15.9 Å². The van der Waals surface area contributed by atoms with Crippen LogP contribution in [0.1, 0.15) is 25.8 Å². The molecule has 0 saturated heterocycles. The molecule has 18 heavy (non-hydrogen) atoms. The molecule has 0 aromatic heterocycles. The first kappa shape index (κ1) is 14.9. The van der Waals surface area contributed by atoms with Crippen molar-refractivity contribution in [3.8, 4) is 0 Å². The summed E-state index contributed by atoms with van der Waals surface area (Å²) in [5.41, 5.74) is -0.735. The molecule has 1 rings (SSSR count). The fourth-order valence-electron chi connectivity index (χ4n) is 1.81. The number of rotatable bonds is 5. The van der Waals surface area contributed by atoms with Gasteiger partial charge >= 0.3 is 5.97 Å². The third kappa shape index (κ3) is 2.80. The molecule has 1 aromatic rings. The Bertz CT molecular complexity index is 459. The maximum Gasteiger partial charge on any atom is 0.316 e. The van der Waals surface area contributed by atoms with E-state index in [1.54, 1.807) is 38.1 Å². The van der Waals surface area contributed by atoms with Gasteiger partial charge in [0.1, 0.15) is 5.82 Å². The molecule has 0 saturated carbocycles. The van der Waals surface area contributed by atoms with Crippen LogP contribution in [0.4, 0.5) is 4.39 Å². The second-order valence-corrected chi connectivity index (χ2v) is 5.00. The molecule has 0 fully saturated rings. The molecule has 0 radical (unpaired) electrons. The Labute approximate surface area is 115 Å². The molecule has 0 aliphatic rings. The van der Waals surface area contributed by atoms with E-state index in [9.17, 15) is 9.18 Å². The molecule has 0 heterocycles. The molecule has 1 unspecified atom stereocenters. The van der Waals surface area contributed by atoms with Crippen LogP contribution in [0.5, 0.6) is 0 Å². The molecule has 0 aliphatic heterocycles. The van der Waals surface area contributed by atoms with Crippen LogP contribution in [0, 0.1) is 5.82 Å². The van der Waals surface area contributed by atoms with Crippen LogP contribution in [0.3, 0.4) is 0 Å². The van der Waals surface area contributed by atoms with Crippen molar-refractivity contribution in [3.63, 3.8) is 0 Å². The molecule has 1 aromatic carbocycles. The van der Waals surface area contributed by atoms with E-state index in [1.165, 1.54) is 0 Å². The van der Waals surface area contributed by atoms with Gasteiger partial charge in [-0.3, -0.25) is 4.79 Å².